The Hall–Kier alpha value is -7.58. The van der Waals surface area contributed by atoms with Gasteiger partial charge in [-0.2, -0.15) is 0 Å². The second-order valence-corrected chi connectivity index (χ2v) is 18.0. The standard InChI is InChI=1S/C45H68N12O15/c1-22(2)35(55-37(64)24(4)50-36(63)23(3)51-39(66)28(15-16-33(59)60)52-38(65)27(46)20-25-11-13-26(58)14-12-25)43(70)57-19-7-10-32(57)41(68)54-30(21-34(61)62)42(69)56-18-6-9-31(56)40(67)53-29(44(71)72)8-5-17-49-45(47)48/h11-14,22-24,27-32,35,58H,5-10,15-21,46H2,1-4H3,(H,50,63)(H,51,66)(H,52,65)(H,53,67)(H,54,68)(H,55,64)(H,59,60)(H,61,62)(H,71,72)(H4,47,48,49)/t23-,24-,27-,28-,29-,30-,31-,32-,35-/m0/s1. The number of hydrogen-bond donors (Lipinski definition) is 13. The molecule has 0 radical (unpaired) electrons. The lowest BCUT2D eigenvalue weighted by Crippen LogP contribution is -2.60. The quantitative estimate of drug-likeness (QED) is 0.0229. The van der Waals surface area contributed by atoms with Crippen molar-refractivity contribution in [2.45, 2.75) is 146 Å². The van der Waals surface area contributed by atoms with E-state index in [4.69, 9.17) is 17.2 Å². The van der Waals surface area contributed by atoms with E-state index < -0.39 is 138 Å². The number of nitrogens with one attached hydrogen (secondary N) is 6. The number of nitrogens with two attached hydrogens (primary N) is 3. The minimum atomic E-state index is -1.69. The fourth-order valence-corrected chi connectivity index (χ4v) is 8.03. The Morgan fingerprint density at radius 2 is 1.18 bits per heavy atom. The van der Waals surface area contributed by atoms with Crippen LogP contribution in [0.1, 0.15) is 91.0 Å². The van der Waals surface area contributed by atoms with Gasteiger partial charge in [0.05, 0.1) is 12.5 Å². The van der Waals surface area contributed by atoms with Gasteiger partial charge in [0.2, 0.25) is 47.3 Å². The predicted molar refractivity (Wildman–Crippen MR) is 254 cm³/mol. The van der Waals surface area contributed by atoms with E-state index in [9.17, 15) is 73.2 Å². The van der Waals surface area contributed by atoms with Crippen molar-refractivity contribution in [2.24, 2.45) is 28.1 Å². The number of carboxylic acid groups (broad SMARTS) is 3. The lowest BCUT2D eigenvalue weighted by molar-refractivity contribution is -0.148. The molecule has 0 bridgehead atoms. The molecule has 72 heavy (non-hydrogen) atoms. The number of aliphatic carboxylic acids is 3. The van der Waals surface area contributed by atoms with Gasteiger partial charge in [-0.05, 0) is 88.8 Å². The molecular formula is C45H68N12O15. The van der Waals surface area contributed by atoms with Gasteiger partial charge in [-0.1, -0.05) is 26.0 Å². The summed E-state index contributed by atoms with van der Waals surface area (Å²) in [6, 6.07) is -6.06. The van der Waals surface area contributed by atoms with Gasteiger partial charge in [-0.25, -0.2) is 4.79 Å². The first kappa shape index (κ1) is 58.7. The molecule has 2 fully saturated rings. The lowest BCUT2D eigenvalue weighted by atomic mass is 10.0. The van der Waals surface area contributed by atoms with Crippen LogP contribution in [0.2, 0.25) is 0 Å². The number of carboxylic acids is 3. The number of aliphatic imine (C=N–C) groups is 1. The number of benzene rings is 1. The van der Waals surface area contributed by atoms with E-state index in [1.807, 2.05) is 0 Å². The summed E-state index contributed by atoms with van der Waals surface area (Å²) in [6.45, 7) is 5.95. The van der Waals surface area contributed by atoms with Crippen LogP contribution in [-0.4, -0.2) is 175 Å². The van der Waals surface area contributed by atoms with E-state index in [-0.39, 0.29) is 69.9 Å². The van der Waals surface area contributed by atoms with Crippen molar-refractivity contribution in [3.05, 3.63) is 29.8 Å². The van der Waals surface area contributed by atoms with Crippen LogP contribution in [0.5, 0.6) is 5.75 Å². The fourth-order valence-electron chi connectivity index (χ4n) is 8.03. The van der Waals surface area contributed by atoms with Gasteiger partial charge in [-0.3, -0.25) is 52.9 Å². The molecule has 1 aromatic rings. The van der Waals surface area contributed by atoms with Crippen molar-refractivity contribution >= 4 is 71.1 Å². The molecule has 3 rings (SSSR count). The molecule has 2 heterocycles. The maximum atomic E-state index is 14.1. The minimum absolute atomic E-state index is 0.00281. The summed E-state index contributed by atoms with van der Waals surface area (Å²) in [5.41, 5.74) is 17.2. The van der Waals surface area contributed by atoms with Crippen molar-refractivity contribution in [1.29, 1.82) is 0 Å². The molecule has 27 heteroatoms. The molecule has 9 atom stereocenters. The molecule has 2 aliphatic rings. The molecule has 0 aromatic heterocycles. The molecule has 0 spiro atoms. The summed E-state index contributed by atoms with van der Waals surface area (Å²) >= 11 is 0. The third kappa shape index (κ3) is 18.0. The highest BCUT2D eigenvalue weighted by Gasteiger charge is 2.43. The number of aromatic hydroxyl groups is 1. The lowest BCUT2D eigenvalue weighted by Gasteiger charge is -2.33. The zero-order valence-electron chi connectivity index (χ0n) is 40.6. The van der Waals surface area contributed by atoms with Crippen LogP contribution in [0.3, 0.4) is 0 Å². The summed E-state index contributed by atoms with van der Waals surface area (Å²) in [6.07, 6.45) is -0.765. The number of nitrogens with zero attached hydrogens (tertiary/aromatic N) is 3. The molecule has 0 saturated carbocycles. The number of carbonyl (C=O) groups excluding carboxylic acids is 8. The zero-order chi connectivity index (χ0) is 54.0. The maximum Gasteiger partial charge on any atom is 0.326 e. The number of hydrogen-bond acceptors (Lipinski definition) is 14. The fraction of sp³-hybridized carbons (Fsp3) is 0.600. The van der Waals surface area contributed by atoms with Gasteiger partial charge in [0, 0.05) is 26.1 Å². The van der Waals surface area contributed by atoms with Crippen molar-refractivity contribution < 1.29 is 73.2 Å². The van der Waals surface area contributed by atoms with Gasteiger partial charge in [-0.15, -0.1) is 0 Å². The number of carbonyl (C=O) groups is 11. The number of guanidine groups is 1. The van der Waals surface area contributed by atoms with Gasteiger partial charge >= 0.3 is 17.9 Å². The van der Waals surface area contributed by atoms with E-state index in [2.05, 4.69) is 36.9 Å². The minimum Gasteiger partial charge on any atom is -0.508 e. The topological polar surface area (TPSA) is 438 Å². The third-order valence-electron chi connectivity index (χ3n) is 12.0. The van der Waals surface area contributed by atoms with Crippen LogP contribution >= 0.6 is 0 Å². The Kier molecular flexibility index (Phi) is 22.6. The van der Waals surface area contributed by atoms with Crippen molar-refractivity contribution in [2.75, 3.05) is 19.6 Å². The molecule has 2 aliphatic heterocycles. The number of phenolic OH excluding ortho intramolecular Hbond substituents is 1. The largest absolute Gasteiger partial charge is 0.508 e. The van der Waals surface area contributed by atoms with E-state index in [0.29, 0.717) is 18.4 Å². The van der Waals surface area contributed by atoms with E-state index in [1.165, 1.54) is 30.9 Å². The van der Waals surface area contributed by atoms with E-state index in [1.54, 1.807) is 26.0 Å². The van der Waals surface area contributed by atoms with Crippen molar-refractivity contribution in [1.82, 2.24) is 41.7 Å². The molecule has 27 nitrogen and oxygen atoms in total. The molecule has 0 aliphatic carbocycles. The smallest absolute Gasteiger partial charge is 0.326 e. The number of amides is 8. The first-order chi connectivity index (χ1) is 33.8. The highest BCUT2D eigenvalue weighted by Crippen LogP contribution is 2.23. The number of phenols is 1. The van der Waals surface area contributed by atoms with Crippen LogP contribution in [-0.2, 0) is 59.2 Å². The number of likely N-dealkylation sites (tertiary alicyclic amines) is 2. The third-order valence-corrected chi connectivity index (χ3v) is 12.0. The second-order valence-electron chi connectivity index (χ2n) is 18.0. The van der Waals surface area contributed by atoms with E-state index >= 15 is 0 Å². The Morgan fingerprint density at radius 1 is 0.653 bits per heavy atom. The molecule has 2 saturated heterocycles. The van der Waals surface area contributed by atoms with Gasteiger partial charge in [0.1, 0.15) is 54.1 Å². The highest BCUT2D eigenvalue weighted by atomic mass is 16.4. The van der Waals surface area contributed by atoms with Crippen LogP contribution < -0.4 is 49.1 Å². The first-order valence-corrected chi connectivity index (χ1v) is 23.5. The van der Waals surface area contributed by atoms with Gasteiger partial charge in [0.25, 0.3) is 0 Å². The predicted octanol–water partition coefficient (Wildman–Crippen LogP) is -3.67. The zero-order valence-corrected chi connectivity index (χ0v) is 40.6. The molecular weight excluding hydrogens is 949 g/mol. The summed E-state index contributed by atoms with van der Waals surface area (Å²) in [7, 11) is 0. The summed E-state index contributed by atoms with van der Waals surface area (Å²) in [5, 5.41) is 52.9. The summed E-state index contributed by atoms with van der Waals surface area (Å²) in [5.74, 6) is -11.5. The molecule has 398 valence electrons. The average Bonchev–Trinajstić information content (AvgIpc) is 4.01. The van der Waals surface area contributed by atoms with Crippen LogP contribution in [0.25, 0.3) is 0 Å². The Morgan fingerprint density at radius 3 is 1.69 bits per heavy atom. The van der Waals surface area contributed by atoms with Crippen molar-refractivity contribution in [3.8, 4) is 5.75 Å². The average molecular weight is 1020 g/mol. The Bertz CT molecular complexity index is 2190. The van der Waals surface area contributed by atoms with Crippen LogP contribution in [0, 0.1) is 5.92 Å². The molecule has 16 N–H and O–H groups in total. The van der Waals surface area contributed by atoms with Gasteiger partial charge < -0.3 is 79.3 Å². The van der Waals surface area contributed by atoms with Gasteiger partial charge in [0.15, 0.2) is 5.96 Å². The number of rotatable bonds is 27. The van der Waals surface area contributed by atoms with E-state index in [0.717, 1.165) is 4.90 Å². The maximum absolute atomic E-state index is 14.1. The molecule has 0 unspecified atom stereocenters. The normalized spacial score (nSPS) is 18.2. The van der Waals surface area contributed by atoms with Crippen molar-refractivity contribution in [3.63, 3.8) is 0 Å². The monoisotopic (exact) mass is 1020 g/mol. The van der Waals surface area contributed by atoms with Crippen LogP contribution in [0.4, 0.5) is 0 Å². The highest BCUT2D eigenvalue weighted by molar-refractivity contribution is 5.99. The summed E-state index contributed by atoms with van der Waals surface area (Å²) < 4.78 is 0. The second kappa shape index (κ2) is 27.7. The Balaban J connectivity index is 1.65. The first-order valence-electron chi connectivity index (χ1n) is 23.5. The summed E-state index contributed by atoms with van der Waals surface area (Å²) in [4.78, 5) is 149. The SMILES string of the molecule is CC(C)[C@H](NC(=O)[C@H](C)NC(=O)[C@H](C)NC(=O)[C@H](CCC(=O)O)NC(=O)[C@@H](N)Cc1ccc(O)cc1)C(=O)N1CCC[C@H]1C(=O)N[C@@H](CC(=O)O)C(=O)N1CCC[C@H]1C(=O)N[C@@H](CCCN=C(N)N)C(=O)O. The Labute approximate surface area is 414 Å². The van der Waals surface area contributed by atoms with Crippen LogP contribution in [0.15, 0.2) is 29.3 Å². The molecule has 1 aromatic carbocycles. The molecule has 8 amide bonds.